The van der Waals surface area contributed by atoms with Gasteiger partial charge in [0.2, 0.25) is 5.79 Å². The molecule has 18 heavy (non-hydrogen) atoms. The molecule has 0 aliphatic heterocycles. The zero-order valence-electron chi connectivity index (χ0n) is 9.78. The van der Waals surface area contributed by atoms with E-state index in [1.54, 1.807) is 24.3 Å². The van der Waals surface area contributed by atoms with Gasteiger partial charge in [-0.05, 0) is 11.6 Å². The fourth-order valence-corrected chi connectivity index (χ4v) is 1.26. The normalized spacial score (nSPS) is 15.9. The molecular weight excluding hydrogens is 234 g/mol. The lowest BCUT2D eigenvalue weighted by Gasteiger charge is -2.23. The molecule has 5 nitrogen and oxygen atoms in total. The predicted molar refractivity (Wildman–Crippen MR) is 64.4 cm³/mol. The van der Waals surface area contributed by atoms with Crippen LogP contribution in [0, 0.1) is 11.3 Å². The third-order valence-corrected chi connectivity index (χ3v) is 2.43. The van der Waals surface area contributed by atoms with Gasteiger partial charge >= 0.3 is 0 Å². The molecule has 0 bridgehead atoms. The third kappa shape index (κ3) is 3.25. The smallest absolute Gasteiger partial charge is 0.226 e. The van der Waals surface area contributed by atoms with Crippen LogP contribution in [0.15, 0.2) is 30.3 Å². The molecule has 0 amide bonds. The second kappa shape index (κ2) is 6.07. The van der Waals surface area contributed by atoms with Gasteiger partial charge in [0.25, 0.3) is 0 Å². The quantitative estimate of drug-likeness (QED) is 0.455. The van der Waals surface area contributed by atoms with E-state index >= 15 is 0 Å². The summed E-state index contributed by atoms with van der Waals surface area (Å²) in [4.78, 5) is 10.5. The highest BCUT2D eigenvalue weighted by Crippen LogP contribution is 2.16. The summed E-state index contributed by atoms with van der Waals surface area (Å²) < 4.78 is 4.70. The van der Waals surface area contributed by atoms with Gasteiger partial charge in [0.05, 0.1) is 0 Å². The highest BCUT2D eigenvalue weighted by molar-refractivity contribution is 5.75. The van der Waals surface area contributed by atoms with Gasteiger partial charge in [-0.25, -0.2) is 0 Å². The number of nitriles is 1. The fourth-order valence-electron chi connectivity index (χ4n) is 1.26. The van der Waals surface area contributed by atoms with Crippen LogP contribution in [0.25, 0.3) is 6.08 Å². The van der Waals surface area contributed by atoms with E-state index in [0.29, 0.717) is 11.1 Å². The number of hydrogen-bond acceptors (Lipinski definition) is 5. The van der Waals surface area contributed by atoms with Crippen molar-refractivity contribution in [2.45, 2.75) is 11.9 Å². The SMILES string of the molecule is COC(O)(/C=C/c1ccc(C=O)cc1)C(O)C#N. The van der Waals surface area contributed by atoms with Crippen LogP contribution in [-0.2, 0) is 4.74 Å². The van der Waals surface area contributed by atoms with Crippen molar-refractivity contribution in [1.82, 2.24) is 0 Å². The number of nitrogens with zero attached hydrogens (tertiary/aromatic N) is 1. The Morgan fingerprint density at radius 3 is 2.39 bits per heavy atom. The first-order chi connectivity index (χ1) is 8.55. The largest absolute Gasteiger partial charge is 0.373 e. The van der Waals surface area contributed by atoms with Crippen molar-refractivity contribution in [2.75, 3.05) is 7.11 Å². The van der Waals surface area contributed by atoms with E-state index in [1.807, 2.05) is 0 Å². The van der Waals surface area contributed by atoms with Gasteiger partial charge in [0.15, 0.2) is 6.10 Å². The molecule has 0 fully saturated rings. The van der Waals surface area contributed by atoms with Crippen molar-refractivity contribution in [2.24, 2.45) is 0 Å². The molecule has 0 heterocycles. The summed E-state index contributed by atoms with van der Waals surface area (Å²) in [6.45, 7) is 0. The van der Waals surface area contributed by atoms with Crippen LogP contribution in [0.1, 0.15) is 15.9 Å². The Kier molecular flexibility index (Phi) is 4.75. The summed E-state index contributed by atoms with van der Waals surface area (Å²) in [5.41, 5.74) is 1.23. The lowest BCUT2D eigenvalue weighted by atomic mass is 10.1. The molecule has 2 unspecified atom stereocenters. The maximum absolute atomic E-state index is 10.5. The summed E-state index contributed by atoms with van der Waals surface area (Å²) in [7, 11) is 1.18. The maximum atomic E-state index is 10.5. The van der Waals surface area contributed by atoms with Gasteiger partial charge < -0.3 is 14.9 Å². The Bertz CT molecular complexity index is 475. The van der Waals surface area contributed by atoms with Gasteiger partial charge in [-0.2, -0.15) is 5.26 Å². The third-order valence-electron chi connectivity index (χ3n) is 2.43. The van der Waals surface area contributed by atoms with Crippen LogP contribution >= 0.6 is 0 Å². The van der Waals surface area contributed by atoms with Gasteiger partial charge in [-0.3, -0.25) is 4.79 Å². The second-order valence-corrected chi connectivity index (χ2v) is 3.61. The summed E-state index contributed by atoms with van der Waals surface area (Å²) in [6, 6.07) is 8.04. The van der Waals surface area contributed by atoms with Crippen LogP contribution in [0.5, 0.6) is 0 Å². The van der Waals surface area contributed by atoms with Crippen molar-refractivity contribution >= 4 is 12.4 Å². The molecule has 2 N–H and O–H groups in total. The zero-order valence-corrected chi connectivity index (χ0v) is 9.78. The number of ether oxygens (including phenoxy) is 1. The average molecular weight is 247 g/mol. The molecule has 5 heteroatoms. The molecule has 0 saturated heterocycles. The minimum atomic E-state index is -2.06. The van der Waals surface area contributed by atoms with Crippen LogP contribution in [0.2, 0.25) is 0 Å². The highest BCUT2D eigenvalue weighted by atomic mass is 16.6. The number of rotatable bonds is 5. The molecule has 0 saturated carbocycles. The van der Waals surface area contributed by atoms with Gasteiger partial charge in [-0.15, -0.1) is 0 Å². The van der Waals surface area contributed by atoms with Crippen molar-refractivity contribution in [3.05, 3.63) is 41.5 Å². The lowest BCUT2D eigenvalue weighted by Crippen LogP contribution is -2.41. The number of aliphatic hydroxyl groups excluding tert-OH is 1. The molecule has 94 valence electrons. The van der Waals surface area contributed by atoms with E-state index in [1.165, 1.54) is 25.3 Å². The Morgan fingerprint density at radius 2 is 1.94 bits per heavy atom. The minimum Gasteiger partial charge on any atom is -0.373 e. The second-order valence-electron chi connectivity index (χ2n) is 3.61. The number of methoxy groups -OCH3 is 1. The van der Waals surface area contributed by atoms with E-state index in [2.05, 4.69) is 0 Å². The molecule has 2 atom stereocenters. The predicted octanol–water partition coefficient (Wildman–Crippen LogP) is 0.732. The monoisotopic (exact) mass is 247 g/mol. The number of aldehydes is 1. The zero-order chi connectivity index (χ0) is 13.6. The van der Waals surface area contributed by atoms with Crippen LogP contribution in [-0.4, -0.2) is 35.5 Å². The molecular formula is C13H13NO4. The van der Waals surface area contributed by atoms with Gasteiger partial charge in [0, 0.05) is 12.7 Å². The lowest BCUT2D eigenvalue weighted by molar-refractivity contribution is -0.191. The van der Waals surface area contributed by atoms with E-state index in [9.17, 15) is 15.0 Å². The standard InChI is InChI=1S/C13H13NO4/c1-18-13(17,12(16)8-14)7-6-10-2-4-11(9-15)5-3-10/h2-7,9,12,16-17H,1H3/b7-6+. The van der Waals surface area contributed by atoms with E-state index in [4.69, 9.17) is 10.00 Å². The topological polar surface area (TPSA) is 90.6 Å². The number of carbonyl (C=O) groups is 1. The van der Waals surface area contributed by atoms with Crippen molar-refractivity contribution in [3.63, 3.8) is 0 Å². The van der Waals surface area contributed by atoms with Crippen LogP contribution in [0.3, 0.4) is 0 Å². The van der Waals surface area contributed by atoms with Gasteiger partial charge in [0.1, 0.15) is 12.4 Å². The summed E-state index contributed by atoms with van der Waals surface area (Å²) >= 11 is 0. The Balaban J connectivity index is 2.90. The molecule has 1 rings (SSSR count). The van der Waals surface area contributed by atoms with Crippen molar-refractivity contribution in [1.29, 1.82) is 5.26 Å². The maximum Gasteiger partial charge on any atom is 0.226 e. The Morgan fingerprint density at radius 1 is 1.39 bits per heavy atom. The Labute approximate surface area is 105 Å². The number of aliphatic hydroxyl groups is 2. The number of hydrogen-bond donors (Lipinski definition) is 2. The first kappa shape index (κ1) is 14.1. The fraction of sp³-hybridized carbons (Fsp3) is 0.231. The summed E-state index contributed by atoms with van der Waals surface area (Å²) in [5.74, 6) is -2.06. The number of carbonyl (C=O) groups excluding carboxylic acids is 1. The average Bonchev–Trinajstić information content (AvgIpc) is 2.44. The van der Waals surface area contributed by atoms with Crippen LogP contribution in [0.4, 0.5) is 0 Å². The molecule has 0 aromatic heterocycles. The first-order valence-electron chi connectivity index (χ1n) is 5.15. The highest BCUT2D eigenvalue weighted by Gasteiger charge is 2.32. The molecule has 1 aromatic rings. The number of benzene rings is 1. The van der Waals surface area contributed by atoms with Crippen molar-refractivity contribution < 1.29 is 19.7 Å². The van der Waals surface area contributed by atoms with E-state index < -0.39 is 11.9 Å². The molecule has 1 aromatic carbocycles. The van der Waals surface area contributed by atoms with E-state index in [-0.39, 0.29) is 0 Å². The molecule has 0 aliphatic rings. The van der Waals surface area contributed by atoms with Crippen molar-refractivity contribution in [3.8, 4) is 6.07 Å². The molecule has 0 spiro atoms. The van der Waals surface area contributed by atoms with Gasteiger partial charge in [-0.1, -0.05) is 30.3 Å². The molecule has 0 radical (unpaired) electrons. The van der Waals surface area contributed by atoms with Crippen LogP contribution < -0.4 is 0 Å². The summed E-state index contributed by atoms with van der Waals surface area (Å²) in [6.07, 6.45) is 1.70. The first-order valence-corrected chi connectivity index (χ1v) is 5.15. The van der Waals surface area contributed by atoms with E-state index in [0.717, 1.165) is 6.29 Å². The Hall–Kier alpha value is -2.00. The summed E-state index contributed by atoms with van der Waals surface area (Å²) in [5, 5.41) is 27.7. The minimum absolute atomic E-state index is 0.534. The molecule has 0 aliphatic carbocycles.